The first-order valence-electron chi connectivity index (χ1n) is 6.69. The highest BCUT2D eigenvalue weighted by molar-refractivity contribution is 5.30. The Labute approximate surface area is 111 Å². The van der Waals surface area contributed by atoms with Crippen LogP contribution in [0.5, 0.6) is 5.75 Å². The maximum Gasteiger partial charge on any atom is 0.416 e. The van der Waals surface area contributed by atoms with Gasteiger partial charge in [0.1, 0.15) is 18.9 Å². The molecule has 0 aliphatic heterocycles. The van der Waals surface area contributed by atoms with Crippen LogP contribution in [0.2, 0.25) is 0 Å². The largest absolute Gasteiger partial charge is 0.488 e. The Hall–Kier alpha value is -1.23. The third kappa shape index (κ3) is 4.42. The highest BCUT2D eigenvalue weighted by Crippen LogP contribution is 2.31. The van der Waals surface area contributed by atoms with Crippen LogP contribution in [-0.2, 0) is 6.18 Å². The van der Waals surface area contributed by atoms with Crippen LogP contribution in [0.3, 0.4) is 0 Å². The highest BCUT2D eigenvalue weighted by Gasteiger charge is 2.30. The van der Waals surface area contributed by atoms with Crippen molar-refractivity contribution in [3.05, 3.63) is 29.8 Å². The predicted molar refractivity (Wildman–Crippen MR) is 66.0 cm³/mol. The first kappa shape index (κ1) is 14.2. The van der Waals surface area contributed by atoms with Crippen molar-refractivity contribution in [2.45, 2.75) is 37.9 Å². The number of quaternary nitrogens is 1. The lowest BCUT2D eigenvalue weighted by atomic mass is 10.2. The lowest BCUT2D eigenvalue weighted by Gasteiger charge is -2.11. The van der Waals surface area contributed by atoms with Gasteiger partial charge in [0.2, 0.25) is 0 Å². The summed E-state index contributed by atoms with van der Waals surface area (Å²) in [6.07, 6.45) is 0.744. The van der Waals surface area contributed by atoms with Crippen molar-refractivity contribution in [1.29, 1.82) is 0 Å². The van der Waals surface area contributed by atoms with Crippen molar-refractivity contribution in [3.8, 4) is 5.75 Å². The summed E-state index contributed by atoms with van der Waals surface area (Å²) in [7, 11) is 0. The molecule has 5 heteroatoms. The van der Waals surface area contributed by atoms with E-state index in [1.165, 1.54) is 31.7 Å². The third-order valence-electron chi connectivity index (χ3n) is 3.45. The monoisotopic (exact) mass is 274 g/mol. The van der Waals surface area contributed by atoms with Gasteiger partial charge < -0.3 is 10.1 Å². The number of hydrogen-bond donors (Lipinski definition) is 1. The minimum Gasteiger partial charge on any atom is -0.488 e. The summed E-state index contributed by atoms with van der Waals surface area (Å²) in [6, 6.07) is 5.71. The van der Waals surface area contributed by atoms with E-state index in [2.05, 4.69) is 5.32 Å². The van der Waals surface area contributed by atoms with Crippen molar-refractivity contribution in [3.63, 3.8) is 0 Å². The molecule has 1 aliphatic carbocycles. The van der Waals surface area contributed by atoms with Gasteiger partial charge in [0.25, 0.3) is 0 Å². The summed E-state index contributed by atoms with van der Waals surface area (Å²) in [5.41, 5.74) is -0.662. The molecule has 0 aromatic heterocycles. The zero-order valence-electron chi connectivity index (χ0n) is 10.7. The summed E-state index contributed by atoms with van der Waals surface area (Å²) >= 11 is 0. The topological polar surface area (TPSA) is 25.8 Å². The molecule has 0 atom stereocenters. The molecule has 0 saturated heterocycles. The maximum atomic E-state index is 12.5. The van der Waals surface area contributed by atoms with Crippen molar-refractivity contribution in [2.24, 2.45) is 0 Å². The van der Waals surface area contributed by atoms with Crippen LogP contribution in [0, 0.1) is 0 Å². The molecule has 0 bridgehead atoms. The van der Waals surface area contributed by atoms with Crippen LogP contribution >= 0.6 is 0 Å². The predicted octanol–water partition coefficient (Wildman–Crippen LogP) is 2.59. The van der Waals surface area contributed by atoms with Crippen LogP contribution in [-0.4, -0.2) is 19.2 Å². The normalized spacial score (nSPS) is 16.8. The molecule has 1 aromatic rings. The summed E-state index contributed by atoms with van der Waals surface area (Å²) in [5, 5.41) is 2.24. The van der Waals surface area contributed by atoms with Crippen molar-refractivity contribution in [2.75, 3.05) is 13.2 Å². The number of rotatable bonds is 5. The van der Waals surface area contributed by atoms with Gasteiger partial charge in [-0.05, 0) is 43.9 Å². The Morgan fingerprint density at radius 1 is 1.21 bits per heavy atom. The lowest BCUT2D eigenvalue weighted by Crippen LogP contribution is -2.90. The third-order valence-corrected chi connectivity index (χ3v) is 3.45. The first-order valence-corrected chi connectivity index (χ1v) is 6.69. The Morgan fingerprint density at radius 2 is 1.95 bits per heavy atom. The van der Waals surface area contributed by atoms with E-state index in [1.807, 2.05) is 0 Å². The van der Waals surface area contributed by atoms with E-state index in [1.54, 1.807) is 6.07 Å². The van der Waals surface area contributed by atoms with Gasteiger partial charge in [-0.15, -0.1) is 0 Å². The molecule has 0 radical (unpaired) electrons. The van der Waals surface area contributed by atoms with Gasteiger partial charge in [-0.3, -0.25) is 0 Å². The summed E-state index contributed by atoms with van der Waals surface area (Å²) < 4.78 is 42.9. The lowest BCUT2D eigenvalue weighted by molar-refractivity contribution is -0.688. The van der Waals surface area contributed by atoms with Gasteiger partial charge >= 0.3 is 6.18 Å². The molecular weight excluding hydrogens is 255 g/mol. The molecule has 0 unspecified atom stereocenters. The molecule has 1 saturated carbocycles. The molecule has 0 heterocycles. The number of ether oxygens (including phenoxy) is 1. The number of benzene rings is 1. The molecule has 1 fully saturated rings. The molecule has 2 N–H and O–H groups in total. The first-order chi connectivity index (χ1) is 9.05. The molecule has 2 rings (SSSR count). The van der Waals surface area contributed by atoms with E-state index in [0.717, 1.165) is 18.7 Å². The molecule has 0 spiro atoms. The molecule has 1 aromatic carbocycles. The standard InChI is InChI=1S/C14H18F3NO/c15-14(16,17)11-4-3-7-13(10-11)19-9-8-18-12-5-1-2-6-12/h3-4,7,10,12,18H,1-2,5-6,8-9H2/p+1. The Morgan fingerprint density at radius 3 is 2.63 bits per heavy atom. The second-order valence-electron chi connectivity index (χ2n) is 4.94. The zero-order valence-corrected chi connectivity index (χ0v) is 10.7. The van der Waals surface area contributed by atoms with Crippen LogP contribution < -0.4 is 10.1 Å². The van der Waals surface area contributed by atoms with Crippen molar-refractivity contribution in [1.82, 2.24) is 0 Å². The van der Waals surface area contributed by atoms with Gasteiger partial charge in [-0.25, -0.2) is 0 Å². The average molecular weight is 274 g/mol. The van der Waals surface area contributed by atoms with E-state index < -0.39 is 11.7 Å². The second-order valence-corrected chi connectivity index (χ2v) is 4.94. The Kier molecular flexibility index (Phi) is 4.69. The Bertz CT molecular complexity index is 400. The van der Waals surface area contributed by atoms with E-state index in [9.17, 15) is 13.2 Å². The molecule has 2 nitrogen and oxygen atoms in total. The maximum absolute atomic E-state index is 12.5. The number of nitrogens with two attached hydrogens (primary N) is 1. The van der Waals surface area contributed by atoms with E-state index >= 15 is 0 Å². The molecule has 106 valence electrons. The molecule has 19 heavy (non-hydrogen) atoms. The minimum absolute atomic E-state index is 0.287. The van der Waals surface area contributed by atoms with Gasteiger partial charge in [0.05, 0.1) is 11.6 Å². The summed E-state index contributed by atoms with van der Waals surface area (Å²) in [5.74, 6) is 0.287. The van der Waals surface area contributed by atoms with Gasteiger partial charge in [0.15, 0.2) is 0 Å². The van der Waals surface area contributed by atoms with Crippen molar-refractivity contribution >= 4 is 0 Å². The fourth-order valence-electron chi connectivity index (χ4n) is 2.44. The van der Waals surface area contributed by atoms with Crippen molar-refractivity contribution < 1.29 is 23.2 Å². The number of alkyl halides is 3. The van der Waals surface area contributed by atoms with E-state index in [4.69, 9.17) is 4.74 Å². The smallest absolute Gasteiger partial charge is 0.416 e. The second kappa shape index (κ2) is 6.28. The molecule has 1 aliphatic rings. The SMILES string of the molecule is FC(F)(F)c1cccc(OCC[NH2+]C2CCCC2)c1. The summed E-state index contributed by atoms with van der Waals surface area (Å²) in [6.45, 7) is 1.23. The zero-order chi connectivity index (χ0) is 13.7. The van der Waals surface area contributed by atoms with Gasteiger partial charge in [-0.2, -0.15) is 13.2 Å². The van der Waals surface area contributed by atoms with E-state index in [0.29, 0.717) is 12.6 Å². The molecule has 0 amide bonds. The highest BCUT2D eigenvalue weighted by atomic mass is 19.4. The number of hydrogen-bond acceptors (Lipinski definition) is 1. The van der Waals surface area contributed by atoms with Gasteiger partial charge in [0, 0.05) is 0 Å². The van der Waals surface area contributed by atoms with Gasteiger partial charge in [-0.1, -0.05) is 6.07 Å². The minimum atomic E-state index is -4.31. The average Bonchev–Trinajstić information content (AvgIpc) is 2.87. The quantitative estimate of drug-likeness (QED) is 0.821. The van der Waals surface area contributed by atoms with Crippen LogP contribution in [0.1, 0.15) is 31.2 Å². The van der Waals surface area contributed by atoms with Crippen LogP contribution in [0.25, 0.3) is 0 Å². The Balaban J connectivity index is 1.76. The van der Waals surface area contributed by atoms with E-state index in [-0.39, 0.29) is 5.75 Å². The van der Waals surface area contributed by atoms with Crippen LogP contribution in [0.4, 0.5) is 13.2 Å². The van der Waals surface area contributed by atoms with Crippen LogP contribution in [0.15, 0.2) is 24.3 Å². The number of halogens is 3. The fraction of sp³-hybridized carbons (Fsp3) is 0.571. The molecular formula is C14H19F3NO+. The summed E-state index contributed by atoms with van der Waals surface area (Å²) in [4.78, 5) is 0. The fourth-order valence-corrected chi connectivity index (χ4v) is 2.44.